The van der Waals surface area contributed by atoms with Crippen molar-refractivity contribution in [1.82, 2.24) is 10.3 Å². The number of rotatable bonds is 5. The van der Waals surface area contributed by atoms with Crippen molar-refractivity contribution in [3.8, 4) is 0 Å². The average molecular weight is 314 g/mol. The number of aromatic nitrogens is 1. The summed E-state index contributed by atoms with van der Waals surface area (Å²) in [6.07, 6.45) is 4.63. The lowest BCUT2D eigenvalue weighted by Crippen LogP contribution is -2.27. The second kappa shape index (κ2) is 6.38. The van der Waals surface area contributed by atoms with Crippen LogP contribution in [0, 0.1) is 10.8 Å². The highest BCUT2D eigenvalue weighted by Gasteiger charge is 2.22. The summed E-state index contributed by atoms with van der Waals surface area (Å²) in [4.78, 5) is 15.1. The van der Waals surface area contributed by atoms with Gasteiger partial charge in [0.05, 0.1) is 0 Å². The molecule has 23 heavy (non-hydrogen) atoms. The number of amides is 1. The van der Waals surface area contributed by atoms with Crippen molar-refractivity contribution in [2.75, 3.05) is 7.05 Å². The molecule has 0 aliphatic heterocycles. The molecule has 0 atom stereocenters. The smallest absolute Gasteiger partial charge is 0.220 e. The van der Waals surface area contributed by atoms with Crippen molar-refractivity contribution in [3.63, 3.8) is 0 Å². The lowest BCUT2D eigenvalue weighted by molar-refractivity contribution is -0.122. The second-order valence-electron chi connectivity index (χ2n) is 8.62. The van der Waals surface area contributed by atoms with Crippen LogP contribution in [-0.2, 0) is 17.6 Å². The fourth-order valence-corrected chi connectivity index (χ4v) is 3.20. The van der Waals surface area contributed by atoms with Crippen molar-refractivity contribution in [1.29, 1.82) is 0 Å². The molecule has 1 aromatic heterocycles. The van der Waals surface area contributed by atoms with Crippen molar-refractivity contribution >= 4 is 16.8 Å². The van der Waals surface area contributed by atoms with Gasteiger partial charge in [0.1, 0.15) is 0 Å². The standard InChI is InChI=1S/C20H30N2O/c1-19(2,3)11-15-13-22-17-9-14(7-8-16(15)17)10-20(4,5)12-18(23)21-6/h7-9,13,22H,10-12H2,1-6H3,(H,21,23). The summed E-state index contributed by atoms with van der Waals surface area (Å²) in [6.45, 7) is 11.1. The molecule has 2 aromatic rings. The van der Waals surface area contributed by atoms with Crippen molar-refractivity contribution in [3.05, 3.63) is 35.5 Å². The minimum Gasteiger partial charge on any atom is -0.361 e. The van der Waals surface area contributed by atoms with Crippen molar-refractivity contribution < 1.29 is 4.79 Å². The zero-order valence-electron chi connectivity index (χ0n) is 15.3. The summed E-state index contributed by atoms with van der Waals surface area (Å²) in [5.41, 5.74) is 4.08. The van der Waals surface area contributed by atoms with Gasteiger partial charge >= 0.3 is 0 Å². The quantitative estimate of drug-likeness (QED) is 0.841. The van der Waals surface area contributed by atoms with Gasteiger partial charge in [-0.05, 0) is 40.9 Å². The first-order valence-electron chi connectivity index (χ1n) is 8.39. The Balaban J connectivity index is 2.20. The first-order valence-corrected chi connectivity index (χ1v) is 8.39. The van der Waals surface area contributed by atoms with Gasteiger partial charge < -0.3 is 10.3 Å². The third kappa shape index (κ3) is 4.85. The van der Waals surface area contributed by atoms with Crippen LogP contribution in [0.1, 0.15) is 52.2 Å². The van der Waals surface area contributed by atoms with E-state index in [1.165, 1.54) is 22.0 Å². The van der Waals surface area contributed by atoms with Crippen molar-refractivity contribution in [2.45, 2.75) is 53.9 Å². The van der Waals surface area contributed by atoms with E-state index in [0.29, 0.717) is 6.42 Å². The Hall–Kier alpha value is -1.77. The van der Waals surface area contributed by atoms with Crippen LogP contribution in [0.3, 0.4) is 0 Å². The number of carbonyl (C=O) groups excluding carboxylic acids is 1. The van der Waals surface area contributed by atoms with Crippen LogP contribution in [0.4, 0.5) is 0 Å². The normalized spacial score (nSPS) is 12.6. The van der Waals surface area contributed by atoms with Crippen LogP contribution in [0.5, 0.6) is 0 Å². The maximum atomic E-state index is 11.6. The van der Waals surface area contributed by atoms with Crippen LogP contribution < -0.4 is 5.32 Å². The maximum absolute atomic E-state index is 11.6. The molecule has 2 rings (SSSR count). The molecule has 0 unspecified atom stereocenters. The topological polar surface area (TPSA) is 44.9 Å². The molecule has 0 saturated carbocycles. The molecule has 3 nitrogen and oxygen atoms in total. The van der Waals surface area contributed by atoms with Gasteiger partial charge in [-0.3, -0.25) is 4.79 Å². The van der Waals surface area contributed by atoms with Crippen LogP contribution in [0.25, 0.3) is 10.9 Å². The van der Waals surface area contributed by atoms with Crippen LogP contribution in [-0.4, -0.2) is 17.9 Å². The third-order valence-corrected chi connectivity index (χ3v) is 4.15. The second-order valence-corrected chi connectivity index (χ2v) is 8.62. The van der Waals surface area contributed by atoms with Gasteiger partial charge in [-0.1, -0.05) is 46.8 Å². The first-order chi connectivity index (χ1) is 10.6. The highest BCUT2D eigenvalue weighted by molar-refractivity contribution is 5.84. The molecule has 0 spiro atoms. The van der Waals surface area contributed by atoms with Gasteiger partial charge in [0.15, 0.2) is 0 Å². The predicted molar refractivity (Wildman–Crippen MR) is 97.6 cm³/mol. The highest BCUT2D eigenvalue weighted by Crippen LogP contribution is 2.30. The monoisotopic (exact) mass is 314 g/mol. The molecule has 3 heteroatoms. The number of aromatic amines is 1. The van der Waals surface area contributed by atoms with Crippen LogP contribution in [0.2, 0.25) is 0 Å². The summed E-state index contributed by atoms with van der Waals surface area (Å²) in [7, 11) is 1.69. The zero-order chi connectivity index (χ0) is 17.3. The van der Waals surface area contributed by atoms with Gasteiger partial charge in [-0.15, -0.1) is 0 Å². The van der Waals surface area contributed by atoms with E-state index in [2.05, 4.69) is 69.3 Å². The number of hydrogen-bond acceptors (Lipinski definition) is 1. The molecule has 0 saturated heterocycles. The van der Waals surface area contributed by atoms with Gasteiger partial charge in [0.2, 0.25) is 5.91 Å². The average Bonchev–Trinajstić information content (AvgIpc) is 2.78. The molecule has 126 valence electrons. The van der Waals surface area contributed by atoms with Gasteiger partial charge in [0.25, 0.3) is 0 Å². The first kappa shape index (κ1) is 17.6. The Morgan fingerprint density at radius 3 is 2.43 bits per heavy atom. The molecular weight excluding hydrogens is 284 g/mol. The lowest BCUT2D eigenvalue weighted by Gasteiger charge is -2.23. The van der Waals surface area contributed by atoms with E-state index in [0.717, 1.165) is 12.8 Å². The molecule has 0 aliphatic rings. The van der Waals surface area contributed by atoms with E-state index < -0.39 is 0 Å². The van der Waals surface area contributed by atoms with Gasteiger partial charge in [-0.2, -0.15) is 0 Å². The summed E-state index contributed by atoms with van der Waals surface area (Å²) in [5, 5.41) is 4.03. The molecule has 0 bridgehead atoms. The number of fused-ring (bicyclic) bond motifs is 1. The fourth-order valence-electron chi connectivity index (χ4n) is 3.20. The Kier molecular flexibility index (Phi) is 4.88. The highest BCUT2D eigenvalue weighted by atomic mass is 16.1. The van der Waals surface area contributed by atoms with E-state index >= 15 is 0 Å². The largest absolute Gasteiger partial charge is 0.361 e. The molecule has 2 N–H and O–H groups in total. The Bertz CT molecular complexity index is 689. The zero-order valence-corrected chi connectivity index (χ0v) is 15.3. The lowest BCUT2D eigenvalue weighted by atomic mass is 9.82. The summed E-state index contributed by atoms with van der Waals surface area (Å²) in [6, 6.07) is 6.65. The molecule has 0 fully saturated rings. The Morgan fingerprint density at radius 2 is 1.83 bits per heavy atom. The molecular formula is C20H30N2O. The van der Waals surface area contributed by atoms with Crippen LogP contribution in [0.15, 0.2) is 24.4 Å². The fraction of sp³-hybridized carbons (Fsp3) is 0.550. The number of H-pyrrole nitrogens is 1. The summed E-state index contributed by atoms with van der Waals surface area (Å²) < 4.78 is 0. The van der Waals surface area contributed by atoms with Gasteiger partial charge in [0, 0.05) is 30.6 Å². The minimum absolute atomic E-state index is 0.0470. The predicted octanol–water partition coefficient (Wildman–Crippen LogP) is 4.46. The summed E-state index contributed by atoms with van der Waals surface area (Å²) >= 11 is 0. The molecule has 1 heterocycles. The van der Waals surface area contributed by atoms with E-state index in [1.54, 1.807) is 7.05 Å². The van der Waals surface area contributed by atoms with Crippen molar-refractivity contribution in [2.24, 2.45) is 10.8 Å². The number of nitrogens with one attached hydrogen (secondary N) is 2. The number of hydrogen-bond donors (Lipinski definition) is 2. The Morgan fingerprint density at radius 1 is 1.13 bits per heavy atom. The minimum atomic E-state index is -0.0470. The molecule has 0 aliphatic carbocycles. The Labute approximate surface area is 139 Å². The van der Waals surface area contributed by atoms with E-state index in [1.807, 2.05) is 0 Å². The molecule has 1 amide bonds. The number of carbonyl (C=O) groups is 1. The molecule has 1 aromatic carbocycles. The third-order valence-electron chi connectivity index (χ3n) is 4.15. The van der Waals surface area contributed by atoms with Crippen LogP contribution >= 0.6 is 0 Å². The van der Waals surface area contributed by atoms with E-state index in [4.69, 9.17) is 0 Å². The maximum Gasteiger partial charge on any atom is 0.220 e. The SMILES string of the molecule is CNC(=O)CC(C)(C)Cc1ccc2c(CC(C)(C)C)c[nH]c2c1. The van der Waals surface area contributed by atoms with E-state index in [9.17, 15) is 4.79 Å². The molecule has 0 radical (unpaired) electrons. The summed E-state index contributed by atoms with van der Waals surface area (Å²) in [5.74, 6) is 0.100. The van der Waals surface area contributed by atoms with E-state index in [-0.39, 0.29) is 16.7 Å². The number of benzene rings is 1. The van der Waals surface area contributed by atoms with Gasteiger partial charge in [-0.25, -0.2) is 0 Å².